The van der Waals surface area contributed by atoms with E-state index in [2.05, 4.69) is 15.6 Å². The topological polar surface area (TPSA) is 82.8 Å². The number of nitro groups is 1. The molecule has 7 nitrogen and oxygen atoms in total. The van der Waals surface area contributed by atoms with Gasteiger partial charge in [0.15, 0.2) is 5.96 Å². The minimum atomic E-state index is -4.13. The van der Waals surface area contributed by atoms with Crippen LogP contribution in [0.15, 0.2) is 29.3 Å². The maximum Gasteiger partial charge on any atom is 0.401 e. The van der Waals surface area contributed by atoms with Gasteiger partial charge in [0, 0.05) is 32.3 Å². The highest BCUT2D eigenvalue weighted by molar-refractivity contribution is 5.79. The number of piperidine rings is 1. The summed E-state index contributed by atoms with van der Waals surface area (Å²) < 4.78 is 37.3. The van der Waals surface area contributed by atoms with E-state index in [1.165, 1.54) is 17.0 Å². The number of alkyl halides is 3. The highest BCUT2D eigenvalue weighted by Gasteiger charge is 2.32. The number of likely N-dealkylation sites (tertiary alicyclic amines) is 1. The molecular weight excluding hydrogens is 375 g/mol. The molecule has 10 heteroatoms. The van der Waals surface area contributed by atoms with Crippen LogP contribution in [0.4, 0.5) is 18.9 Å². The minimum Gasteiger partial charge on any atom is -0.356 e. The van der Waals surface area contributed by atoms with Gasteiger partial charge in [-0.25, -0.2) is 0 Å². The van der Waals surface area contributed by atoms with Crippen molar-refractivity contribution in [2.24, 2.45) is 10.9 Å². The monoisotopic (exact) mass is 401 g/mol. The minimum absolute atomic E-state index is 0.0408. The third-order valence-electron chi connectivity index (χ3n) is 4.76. The first-order valence-corrected chi connectivity index (χ1v) is 9.24. The van der Waals surface area contributed by atoms with E-state index in [0.717, 1.165) is 24.8 Å². The second-order valence-electron chi connectivity index (χ2n) is 6.90. The summed E-state index contributed by atoms with van der Waals surface area (Å²) in [6.45, 7) is 1.19. The van der Waals surface area contributed by atoms with Gasteiger partial charge in [0.2, 0.25) is 0 Å². The van der Waals surface area contributed by atoms with Crippen LogP contribution in [0.1, 0.15) is 24.8 Å². The molecule has 156 valence electrons. The highest BCUT2D eigenvalue weighted by atomic mass is 19.4. The van der Waals surface area contributed by atoms with E-state index in [1.807, 2.05) is 0 Å². The summed E-state index contributed by atoms with van der Waals surface area (Å²) in [5.74, 6) is 0.980. The van der Waals surface area contributed by atoms with Gasteiger partial charge in [0.1, 0.15) is 0 Å². The van der Waals surface area contributed by atoms with Gasteiger partial charge >= 0.3 is 6.18 Å². The van der Waals surface area contributed by atoms with Gasteiger partial charge in [-0.15, -0.1) is 0 Å². The van der Waals surface area contributed by atoms with Crippen molar-refractivity contribution in [1.82, 2.24) is 15.5 Å². The Hall–Kier alpha value is -2.36. The molecule has 1 aromatic rings. The average molecular weight is 401 g/mol. The van der Waals surface area contributed by atoms with Crippen LogP contribution in [-0.4, -0.2) is 55.2 Å². The standard InChI is InChI=1S/C18H26F3N5O2/c1-22-17(24-12-15-3-2-4-16(11-15)26(27)28)23-8-5-14-6-9-25(10-7-14)13-18(19,20)21/h2-4,11,14H,5-10,12-13H2,1H3,(H2,22,23,24). The quantitative estimate of drug-likeness (QED) is 0.318. The van der Waals surface area contributed by atoms with E-state index in [4.69, 9.17) is 0 Å². The van der Waals surface area contributed by atoms with Gasteiger partial charge in [-0.3, -0.25) is 20.0 Å². The number of non-ortho nitro benzene ring substituents is 1. The van der Waals surface area contributed by atoms with E-state index in [1.54, 1.807) is 19.2 Å². The largest absolute Gasteiger partial charge is 0.401 e. The highest BCUT2D eigenvalue weighted by Crippen LogP contribution is 2.24. The summed E-state index contributed by atoms with van der Waals surface area (Å²) in [6, 6.07) is 6.38. The van der Waals surface area contributed by atoms with Gasteiger partial charge in [-0.1, -0.05) is 12.1 Å². The lowest BCUT2D eigenvalue weighted by Gasteiger charge is -2.32. The molecule has 28 heavy (non-hydrogen) atoms. The number of hydrogen-bond donors (Lipinski definition) is 2. The number of benzene rings is 1. The number of nitro benzene ring substituents is 1. The molecule has 0 amide bonds. The summed E-state index contributed by atoms with van der Waals surface area (Å²) in [5, 5.41) is 17.1. The molecule has 0 radical (unpaired) electrons. The van der Waals surface area contributed by atoms with E-state index >= 15 is 0 Å². The van der Waals surface area contributed by atoms with Crippen LogP contribution in [0.3, 0.4) is 0 Å². The van der Waals surface area contributed by atoms with Crippen molar-refractivity contribution in [2.45, 2.75) is 32.0 Å². The fourth-order valence-electron chi connectivity index (χ4n) is 3.27. The SMILES string of the molecule is CN=C(NCCC1CCN(CC(F)(F)F)CC1)NCc1cccc([N+](=O)[O-])c1. The molecule has 0 atom stereocenters. The molecule has 0 aromatic heterocycles. The Morgan fingerprint density at radius 2 is 2.04 bits per heavy atom. The predicted molar refractivity (Wildman–Crippen MR) is 101 cm³/mol. The van der Waals surface area contributed by atoms with Crippen molar-refractivity contribution in [2.75, 3.05) is 33.2 Å². The van der Waals surface area contributed by atoms with Gasteiger partial charge in [-0.05, 0) is 43.8 Å². The molecule has 0 bridgehead atoms. The van der Waals surface area contributed by atoms with E-state index < -0.39 is 17.6 Å². The second kappa shape index (κ2) is 10.3. The normalized spacial score (nSPS) is 16.8. The molecule has 1 aliphatic heterocycles. The van der Waals surface area contributed by atoms with Crippen LogP contribution >= 0.6 is 0 Å². The van der Waals surface area contributed by atoms with Crippen LogP contribution < -0.4 is 10.6 Å². The molecule has 1 saturated heterocycles. The number of halogens is 3. The molecule has 1 heterocycles. The maximum atomic E-state index is 12.4. The Morgan fingerprint density at radius 1 is 1.32 bits per heavy atom. The third kappa shape index (κ3) is 7.71. The number of rotatable bonds is 7. The lowest BCUT2D eigenvalue weighted by atomic mass is 9.93. The van der Waals surface area contributed by atoms with Gasteiger partial charge in [-0.2, -0.15) is 13.2 Å². The van der Waals surface area contributed by atoms with Crippen LogP contribution in [0, 0.1) is 16.0 Å². The lowest BCUT2D eigenvalue weighted by Crippen LogP contribution is -2.41. The molecule has 2 rings (SSSR count). The first-order chi connectivity index (χ1) is 13.3. The molecule has 1 aliphatic rings. The first-order valence-electron chi connectivity index (χ1n) is 9.24. The fraction of sp³-hybridized carbons (Fsp3) is 0.611. The molecular formula is C18H26F3N5O2. The summed E-state index contributed by atoms with van der Waals surface area (Å²) in [5.41, 5.74) is 0.813. The predicted octanol–water partition coefficient (Wildman–Crippen LogP) is 2.92. The molecule has 0 spiro atoms. The summed E-state index contributed by atoms with van der Waals surface area (Å²) >= 11 is 0. The zero-order valence-electron chi connectivity index (χ0n) is 15.8. The fourth-order valence-corrected chi connectivity index (χ4v) is 3.27. The Labute approximate surface area is 162 Å². The average Bonchev–Trinajstić information content (AvgIpc) is 2.65. The van der Waals surface area contributed by atoms with Crippen LogP contribution in [-0.2, 0) is 6.54 Å². The number of guanidine groups is 1. The number of nitrogens with one attached hydrogen (secondary N) is 2. The van der Waals surface area contributed by atoms with E-state index in [-0.39, 0.29) is 5.69 Å². The van der Waals surface area contributed by atoms with Gasteiger partial charge in [0.05, 0.1) is 11.5 Å². The smallest absolute Gasteiger partial charge is 0.356 e. The van der Waals surface area contributed by atoms with Crippen LogP contribution in [0.2, 0.25) is 0 Å². The van der Waals surface area contributed by atoms with E-state index in [9.17, 15) is 23.3 Å². The number of hydrogen-bond acceptors (Lipinski definition) is 4. The lowest BCUT2D eigenvalue weighted by molar-refractivity contribution is -0.384. The molecule has 0 saturated carbocycles. The van der Waals surface area contributed by atoms with Crippen molar-refractivity contribution in [3.05, 3.63) is 39.9 Å². The van der Waals surface area contributed by atoms with Crippen molar-refractivity contribution in [3.8, 4) is 0 Å². The Kier molecular flexibility index (Phi) is 8.04. The molecule has 0 aliphatic carbocycles. The molecule has 1 fully saturated rings. The van der Waals surface area contributed by atoms with Gasteiger partial charge < -0.3 is 10.6 Å². The molecule has 1 aromatic carbocycles. The molecule has 0 unspecified atom stereocenters. The zero-order chi connectivity index (χ0) is 20.6. The van der Waals surface area contributed by atoms with Crippen molar-refractivity contribution < 1.29 is 18.1 Å². The van der Waals surface area contributed by atoms with Crippen molar-refractivity contribution in [3.63, 3.8) is 0 Å². The van der Waals surface area contributed by atoms with E-state index in [0.29, 0.717) is 38.1 Å². The van der Waals surface area contributed by atoms with Gasteiger partial charge in [0.25, 0.3) is 5.69 Å². The molecule has 2 N–H and O–H groups in total. The van der Waals surface area contributed by atoms with Crippen LogP contribution in [0.25, 0.3) is 0 Å². The van der Waals surface area contributed by atoms with Crippen molar-refractivity contribution in [1.29, 1.82) is 0 Å². The summed E-state index contributed by atoms with van der Waals surface area (Å²) in [7, 11) is 1.64. The summed E-state index contributed by atoms with van der Waals surface area (Å²) in [6.07, 6.45) is -1.75. The van der Waals surface area contributed by atoms with Crippen molar-refractivity contribution >= 4 is 11.6 Å². The Bertz CT molecular complexity index is 673. The first kappa shape index (κ1) is 21.9. The Balaban J connectivity index is 1.68. The van der Waals surface area contributed by atoms with Crippen LogP contribution in [0.5, 0.6) is 0 Å². The Morgan fingerprint density at radius 3 is 2.64 bits per heavy atom. The number of nitrogens with zero attached hydrogens (tertiary/aromatic N) is 3. The zero-order valence-corrected chi connectivity index (χ0v) is 15.8. The second-order valence-corrected chi connectivity index (χ2v) is 6.90. The maximum absolute atomic E-state index is 12.4. The third-order valence-corrected chi connectivity index (χ3v) is 4.76. The summed E-state index contributed by atoms with van der Waals surface area (Å²) in [4.78, 5) is 16.0. The number of aliphatic imine (C=N–C) groups is 1.